The Morgan fingerprint density at radius 1 is 1.19 bits per heavy atom. The molecule has 0 spiro atoms. The lowest BCUT2D eigenvalue weighted by Crippen LogP contribution is -2.56. The van der Waals surface area contributed by atoms with Gasteiger partial charge in [-0.05, 0) is 37.1 Å². The Kier molecular flexibility index (Phi) is 7.04. The third kappa shape index (κ3) is 5.96. The largest absolute Gasteiger partial charge is 0.469 e. The summed E-state index contributed by atoms with van der Waals surface area (Å²) in [5.41, 5.74) is 1.30. The Morgan fingerprint density at radius 3 is 2.81 bits per heavy atom. The van der Waals surface area contributed by atoms with Crippen LogP contribution in [0.2, 0.25) is 0 Å². The number of rotatable bonds is 9. The zero-order valence-electron chi connectivity index (χ0n) is 15.5. The minimum atomic E-state index is -0.391. The van der Waals surface area contributed by atoms with Gasteiger partial charge in [0.2, 0.25) is 11.8 Å². The number of hydrogen-bond donors (Lipinski definition) is 2. The Bertz CT molecular complexity index is 716. The quantitative estimate of drug-likeness (QED) is 0.706. The molecule has 1 aromatic heterocycles. The molecule has 2 amide bonds. The highest BCUT2D eigenvalue weighted by molar-refractivity contribution is 5.88. The van der Waals surface area contributed by atoms with E-state index in [0.29, 0.717) is 19.5 Å². The van der Waals surface area contributed by atoms with Crippen molar-refractivity contribution < 1.29 is 14.0 Å². The van der Waals surface area contributed by atoms with Gasteiger partial charge in [0, 0.05) is 26.1 Å². The van der Waals surface area contributed by atoms with E-state index in [1.54, 1.807) is 6.26 Å². The maximum Gasteiger partial charge on any atom is 0.237 e. The van der Waals surface area contributed by atoms with Gasteiger partial charge < -0.3 is 15.1 Å². The van der Waals surface area contributed by atoms with E-state index in [9.17, 15) is 9.59 Å². The molecule has 1 atom stereocenters. The molecule has 6 nitrogen and oxygen atoms in total. The lowest BCUT2D eigenvalue weighted by molar-refractivity contribution is -0.133. The first-order valence-corrected chi connectivity index (χ1v) is 9.57. The summed E-state index contributed by atoms with van der Waals surface area (Å²) >= 11 is 0. The zero-order chi connectivity index (χ0) is 18.9. The van der Waals surface area contributed by atoms with Gasteiger partial charge >= 0.3 is 0 Å². The van der Waals surface area contributed by atoms with Gasteiger partial charge in [0.05, 0.1) is 18.7 Å². The minimum Gasteiger partial charge on any atom is -0.469 e. The predicted octanol–water partition coefficient (Wildman–Crippen LogP) is 1.76. The van der Waals surface area contributed by atoms with Crippen LogP contribution in [0.1, 0.15) is 24.2 Å². The van der Waals surface area contributed by atoms with Crippen molar-refractivity contribution in [1.82, 2.24) is 15.5 Å². The smallest absolute Gasteiger partial charge is 0.237 e. The Hall–Kier alpha value is -2.60. The summed E-state index contributed by atoms with van der Waals surface area (Å²) in [5, 5.41) is 5.76. The Labute approximate surface area is 159 Å². The van der Waals surface area contributed by atoms with Crippen molar-refractivity contribution >= 4 is 11.8 Å². The molecule has 0 aliphatic carbocycles. The second-order valence-electron chi connectivity index (χ2n) is 6.82. The van der Waals surface area contributed by atoms with Crippen LogP contribution < -0.4 is 10.6 Å². The van der Waals surface area contributed by atoms with Crippen molar-refractivity contribution in [3.8, 4) is 0 Å². The molecule has 1 aromatic carbocycles. The van der Waals surface area contributed by atoms with Crippen LogP contribution in [0.5, 0.6) is 0 Å². The molecule has 3 rings (SSSR count). The zero-order valence-corrected chi connectivity index (χ0v) is 15.5. The number of nitrogens with one attached hydrogen (secondary N) is 2. The molecule has 2 N–H and O–H groups in total. The lowest BCUT2D eigenvalue weighted by Gasteiger charge is -2.34. The number of aryl methyl sites for hydroxylation is 1. The van der Waals surface area contributed by atoms with E-state index in [0.717, 1.165) is 31.7 Å². The highest BCUT2D eigenvalue weighted by Gasteiger charge is 2.31. The van der Waals surface area contributed by atoms with Crippen LogP contribution in [0.15, 0.2) is 53.1 Å². The van der Waals surface area contributed by atoms with E-state index in [-0.39, 0.29) is 18.2 Å². The molecule has 0 bridgehead atoms. The number of amides is 2. The summed E-state index contributed by atoms with van der Waals surface area (Å²) in [6.45, 7) is 2.74. The fourth-order valence-electron chi connectivity index (χ4n) is 3.41. The molecule has 0 saturated carbocycles. The molecule has 1 fully saturated rings. The van der Waals surface area contributed by atoms with Gasteiger partial charge in [-0.15, -0.1) is 0 Å². The first kappa shape index (κ1) is 19.2. The fraction of sp³-hybridized carbons (Fsp3) is 0.429. The Balaban J connectivity index is 1.44. The molecular weight excluding hydrogens is 342 g/mol. The van der Waals surface area contributed by atoms with E-state index >= 15 is 0 Å². The van der Waals surface area contributed by atoms with Gasteiger partial charge in [-0.2, -0.15) is 0 Å². The number of benzene rings is 1. The van der Waals surface area contributed by atoms with Crippen LogP contribution in [0, 0.1) is 0 Å². The van der Waals surface area contributed by atoms with E-state index in [1.807, 2.05) is 30.3 Å². The average Bonchev–Trinajstić information content (AvgIpc) is 3.19. The van der Waals surface area contributed by atoms with Crippen LogP contribution in [-0.2, 0) is 22.4 Å². The lowest BCUT2D eigenvalue weighted by atomic mass is 10.1. The predicted molar refractivity (Wildman–Crippen MR) is 103 cm³/mol. The average molecular weight is 369 g/mol. The molecule has 1 saturated heterocycles. The Morgan fingerprint density at radius 2 is 2.04 bits per heavy atom. The van der Waals surface area contributed by atoms with Crippen LogP contribution in [0.25, 0.3) is 0 Å². The SMILES string of the molecule is O=C(C[C@H]1C(=O)NCCN1CCCc1ccccc1)NCCc1ccco1. The summed E-state index contributed by atoms with van der Waals surface area (Å²) in [5.74, 6) is 0.687. The van der Waals surface area contributed by atoms with Crippen molar-refractivity contribution in [3.63, 3.8) is 0 Å². The van der Waals surface area contributed by atoms with Crippen molar-refractivity contribution in [3.05, 3.63) is 60.1 Å². The third-order valence-electron chi connectivity index (χ3n) is 4.85. The number of hydrogen-bond acceptors (Lipinski definition) is 4. The van der Waals surface area contributed by atoms with E-state index < -0.39 is 6.04 Å². The molecule has 27 heavy (non-hydrogen) atoms. The van der Waals surface area contributed by atoms with Gasteiger partial charge in [-0.3, -0.25) is 14.5 Å². The third-order valence-corrected chi connectivity index (χ3v) is 4.85. The molecule has 6 heteroatoms. The highest BCUT2D eigenvalue weighted by Crippen LogP contribution is 2.11. The first-order valence-electron chi connectivity index (χ1n) is 9.57. The van der Waals surface area contributed by atoms with E-state index in [1.165, 1.54) is 5.56 Å². The van der Waals surface area contributed by atoms with Gasteiger partial charge in [0.25, 0.3) is 0 Å². The maximum atomic E-state index is 12.3. The number of piperazine rings is 1. The molecule has 144 valence electrons. The molecule has 2 heterocycles. The molecule has 1 aliphatic rings. The monoisotopic (exact) mass is 369 g/mol. The van der Waals surface area contributed by atoms with E-state index in [2.05, 4.69) is 27.7 Å². The summed E-state index contributed by atoms with van der Waals surface area (Å²) in [6.07, 6.45) is 4.40. The fourth-order valence-corrected chi connectivity index (χ4v) is 3.41. The molecule has 2 aromatic rings. The van der Waals surface area contributed by atoms with Crippen molar-refractivity contribution in [2.45, 2.75) is 31.7 Å². The standard InChI is InChI=1S/C21H27N3O3/c25-20(22-11-10-18-9-5-15-27-18)16-19-21(26)23-12-14-24(19)13-4-8-17-6-2-1-3-7-17/h1-3,5-7,9,15,19H,4,8,10-14,16H2,(H,22,25)(H,23,26)/t19-/m0/s1. The summed E-state index contributed by atoms with van der Waals surface area (Å²) in [7, 11) is 0. The van der Waals surface area contributed by atoms with E-state index in [4.69, 9.17) is 4.42 Å². The summed E-state index contributed by atoms with van der Waals surface area (Å²) in [4.78, 5) is 26.7. The maximum absolute atomic E-state index is 12.3. The van der Waals surface area contributed by atoms with Crippen LogP contribution in [0.4, 0.5) is 0 Å². The highest BCUT2D eigenvalue weighted by atomic mass is 16.3. The van der Waals surface area contributed by atoms with Crippen LogP contribution in [0.3, 0.4) is 0 Å². The first-order chi connectivity index (χ1) is 13.2. The second-order valence-corrected chi connectivity index (χ2v) is 6.82. The number of nitrogens with zero attached hydrogens (tertiary/aromatic N) is 1. The van der Waals surface area contributed by atoms with Crippen molar-refractivity contribution in [2.24, 2.45) is 0 Å². The van der Waals surface area contributed by atoms with Gasteiger partial charge in [-0.25, -0.2) is 0 Å². The van der Waals surface area contributed by atoms with Gasteiger partial charge in [0.1, 0.15) is 5.76 Å². The van der Waals surface area contributed by atoms with Gasteiger partial charge in [0.15, 0.2) is 0 Å². The van der Waals surface area contributed by atoms with Crippen molar-refractivity contribution in [2.75, 3.05) is 26.2 Å². The van der Waals surface area contributed by atoms with Crippen LogP contribution in [-0.4, -0.2) is 48.9 Å². The molecular formula is C21H27N3O3. The molecule has 1 aliphatic heterocycles. The number of furan rings is 1. The summed E-state index contributed by atoms with van der Waals surface area (Å²) < 4.78 is 5.26. The number of carbonyl (C=O) groups is 2. The topological polar surface area (TPSA) is 74.6 Å². The van der Waals surface area contributed by atoms with Crippen LogP contribution >= 0.6 is 0 Å². The summed E-state index contributed by atoms with van der Waals surface area (Å²) in [6, 6.07) is 13.7. The normalized spacial score (nSPS) is 17.5. The minimum absolute atomic E-state index is 0.0536. The van der Waals surface area contributed by atoms with Gasteiger partial charge in [-0.1, -0.05) is 30.3 Å². The van der Waals surface area contributed by atoms with Crippen molar-refractivity contribution in [1.29, 1.82) is 0 Å². The molecule has 0 radical (unpaired) electrons. The number of carbonyl (C=O) groups excluding carboxylic acids is 2. The molecule has 0 unspecified atom stereocenters. The second kappa shape index (κ2) is 9.92.